The molecular formula is C16H21F3N2O2. The second-order valence-corrected chi connectivity index (χ2v) is 5.91. The van der Waals surface area contributed by atoms with Crippen LogP contribution < -0.4 is 10.5 Å². The van der Waals surface area contributed by atoms with Crippen molar-refractivity contribution < 1.29 is 22.7 Å². The summed E-state index contributed by atoms with van der Waals surface area (Å²) in [4.78, 5) is 14.1. The molecular weight excluding hydrogens is 309 g/mol. The van der Waals surface area contributed by atoms with E-state index in [-0.39, 0.29) is 23.7 Å². The van der Waals surface area contributed by atoms with Crippen molar-refractivity contribution in [3.8, 4) is 5.75 Å². The van der Waals surface area contributed by atoms with Crippen LogP contribution in [0.15, 0.2) is 24.3 Å². The third-order valence-corrected chi connectivity index (χ3v) is 4.02. The van der Waals surface area contributed by atoms with Crippen LogP contribution >= 0.6 is 0 Å². The average Bonchev–Trinajstić information content (AvgIpc) is 2.44. The number of hydrogen-bond acceptors (Lipinski definition) is 3. The van der Waals surface area contributed by atoms with E-state index in [9.17, 15) is 18.0 Å². The van der Waals surface area contributed by atoms with Gasteiger partial charge in [-0.25, -0.2) is 0 Å². The van der Waals surface area contributed by atoms with Crippen LogP contribution in [-0.4, -0.2) is 35.8 Å². The number of carbonyl (C=O) groups is 1. The summed E-state index contributed by atoms with van der Waals surface area (Å²) in [6, 6.07) is 5.89. The zero-order valence-corrected chi connectivity index (χ0v) is 13.0. The molecule has 0 aliphatic carbocycles. The summed E-state index contributed by atoms with van der Waals surface area (Å²) >= 11 is 0. The number of halogens is 3. The van der Waals surface area contributed by atoms with Gasteiger partial charge < -0.3 is 15.4 Å². The van der Waals surface area contributed by atoms with E-state index in [2.05, 4.69) is 4.74 Å². The van der Waals surface area contributed by atoms with Gasteiger partial charge in [0.25, 0.3) is 0 Å². The van der Waals surface area contributed by atoms with E-state index < -0.39 is 6.36 Å². The van der Waals surface area contributed by atoms with Gasteiger partial charge in [-0.2, -0.15) is 0 Å². The van der Waals surface area contributed by atoms with Crippen molar-refractivity contribution >= 4 is 5.91 Å². The van der Waals surface area contributed by atoms with E-state index in [1.54, 1.807) is 12.1 Å². The third kappa shape index (κ3) is 5.42. The normalized spacial score (nSPS) is 22.0. The first-order valence-electron chi connectivity index (χ1n) is 7.64. The first-order chi connectivity index (χ1) is 10.7. The molecule has 1 heterocycles. The van der Waals surface area contributed by atoms with Crippen LogP contribution in [0.2, 0.25) is 0 Å². The molecule has 23 heavy (non-hydrogen) atoms. The van der Waals surface area contributed by atoms with Crippen molar-refractivity contribution in [1.29, 1.82) is 0 Å². The molecule has 1 amide bonds. The van der Waals surface area contributed by atoms with Crippen molar-refractivity contribution in [1.82, 2.24) is 4.90 Å². The van der Waals surface area contributed by atoms with Gasteiger partial charge in [0.2, 0.25) is 5.91 Å². The Morgan fingerprint density at radius 2 is 2.00 bits per heavy atom. The molecule has 0 bridgehead atoms. The molecule has 2 rings (SSSR count). The summed E-state index contributed by atoms with van der Waals surface area (Å²) in [6.07, 6.45) is -2.27. The molecule has 4 nitrogen and oxygen atoms in total. The maximum absolute atomic E-state index is 12.3. The van der Waals surface area contributed by atoms with Crippen LogP contribution in [0.1, 0.15) is 31.7 Å². The molecule has 1 aromatic rings. The highest BCUT2D eigenvalue weighted by atomic mass is 19.4. The van der Waals surface area contributed by atoms with Crippen LogP contribution in [0, 0.1) is 0 Å². The second kappa shape index (κ2) is 7.21. The number of amides is 1. The lowest BCUT2D eigenvalue weighted by atomic mass is 9.98. The van der Waals surface area contributed by atoms with E-state index >= 15 is 0 Å². The first-order valence-corrected chi connectivity index (χ1v) is 7.64. The number of benzene rings is 1. The predicted molar refractivity (Wildman–Crippen MR) is 79.8 cm³/mol. The SMILES string of the molecule is CC1CC(N)CCN1C(=O)CCc1ccc(OC(F)(F)F)cc1. The van der Waals surface area contributed by atoms with Crippen molar-refractivity contribution in [2.24, 2.45) is 5.73 Å². The maximum Gasteiger partial charge on any atom is 0.573 e. The molecule has 0 radical (unpaired) electrons. The maximum atomic E-state index is 12.3. The number of aryl methyl sites for hydroxylation is 1. The van der Waals surface area contributed by atoms with Crippen LogP contribution in [0.25, 0.3) is 0 Å². The molecule has 7 heteroatoms. The lowest BCUT2D eigenvalue weighted by molar-refractivity contribution is -0.274. The molecule has 0 saturated carbocycles. The number of rotatable bonds is 4. The van der Waals surface area contributed by atoms with E-state index in [1.165, 1.54) is 12.1 Å². The highest BCUT2D eigenvalue weighted by Crippen LogP contribution is 2.23. The molecule has 0 spiro atoms. The van der Waals surface area contributed by atoms with Crippen molar-refractivity contribution in [2.45, 2.75) is 51.1 Å². The van der Waals surface area contributed by atoms with Gasteiger partial charge in [0.15, 0.2) is 0 Å². The van der Waals surface area contributed by atoms with E-state index in [1.807, 2.05) is 11.8 Å². The standard InChI is InChI=1S/C16H21F3N2O2/c1-11-10-13(20)8-9-21(11)15(22)7-4-12-2-5-14(6-3-12)23-16(17,18)19/h2-3,5-6,11,13H,4,7-10,20H2,1H3. The number of nitrogens with two attached hydrogens (primary N) is 1. The number of alkyl halides is 3. The van der Waals surface area contributed by atoms with Crippen LogP contribution in [0.4, 0.5) is 13.2 Å². The summed E-state index contributed by atoms with van der Waals surface area (Å²) in [7, 11) is 0. The van der Waals surface area contributed by atoms with E-state index in [0.29, 0.717) is 19.4 Å². The molecule has 0 aromatic heterocycles. The Morgan fingerprint density at radius 3 is 2.57 bits per heavy atom. The van der Waals surface area contributed by atoms with Gasteiger partial charge in [-0.1, -0.05) is 12.1 Å². The van der Waals surface area contributed by atoms with Crippen molar-refractivity contribution in [3.63, 3.8) is 0 Å². The highest BCUT2D eigenvalue weighted by Gasteiger charge is 2.31. The second-order valence-electron chi connectivity index (χ2n) is 5.91. The average molecular weight is 330 g/mol. The summed E-state index contributed by atoms with van der Waals surface area (Å²) in [5.41, 5.74) is 6.68. The zero-order valence-electron chi connectivity index (χ0n) is 13.0. The minimum Gasteiger partial charge on any atom is -0.406 e. The Bertz CT molecular complexity index is 531. The fraction of sp³-hybridized carbons (Fsp3) is 0.562. The fourth-order valence-electron chi connectivity index (χ4n) is 2.83. The monoisotopic (exact) mass is 330 g/mol. The van der Waals surface area contributed by atoms with Gasteiger partial charge in [0.05, 0.1) is 0 Å². The lowest BCUT2D eigenvalue weighted by Gasteiger charge is -2.36. The molecule has 2 unspecified atom stereocenters. The number of nitrogens with zero attached hydrogens (tertiary/aromatic N) is 1. The molecule has 128 valence electrons. The van der Waals surface area contributed by atoms with Gasteiger partial charge >= 0.3 is 6.36 Å². The van der Waals surface area contributed by atoms with Gasteiger partial charge in [0.1, 0.15) is 5.75 Å². The highest BCUT2D eigenvalue weighted by molar-refractivity contribution is 5.76. The zero-order chi connectivity index (χ0) is 17.0. The molecule has 1 aliphatic rings. The smallest absolute Gasteiger partial charge is 0.406 e. The molecule has 2 N–H and O–H groups in total. The molecule has 2 atom stereocenters. The van der Waals surface area contributed by atoms with Gasteiger partial charge in [-0.15, -0.1) is 13.2 Å². The van der Waals surface area contributed by atoms with E-state index in [0.717, 1.165) is 18.4 Å². The number of ether oxygens (including phenoxy) is 1. The van der Waals surface area contributed by atoms with Crippen LogP contribution in [0.5, 0.6) is 5.75 Å². The molecule has 1 aliphatic heterocycles. The number of piperidine rings is 1. The summed E-state index contributed by atoms with van der Waals surface area (Å²) < 4.78 is 40.1. The minimum atomic E-state index is -4.69. The Hall–Kier alpha value is -1.76. The molecule has 1 saturated heterocycles. The third-order valence-electron chi connectivity index (χ3n) is 4.02. The largest absolute Gasteiger partial charge is 0.573 e. The topological polar surface area (TPSA) is 55.6 Å². The van der Waals surface area contributed by atoms with Gasteiger partial charge in [-0.05, 0) is 43.9 Å². The first kappa shape index (κ1) is 17.6. The number of carbonyl (C=O) groups excluding carboxylic acids is 1. The molecule has 1 aromatic carbocycles. The van der Waals surface area contributed by atoms with Crippen molar-refractivity contribution in [2.75, 3.05) is 6.54 Å². The fourth-order valence-corrected chi connectivity index (χ4v) is 2.83. The summed E-state index contributed by atoms with van der Waals surface area (Å²) in [5, 5.41) is 0. The number of hydrogen-bond donors (Lipinski definition) is 1. The minimum absolute atomic E-state index is 0.0556. The summed E-state index contributed by atoms with van der Waals surface area (Å²) in [6.45, 7) is 2.65. The predicted octanol–water partition coefficient (Wildman–Crippen LogP) is 2.86. The van der Waals surface area contributed by atoms with Crippen LogP contribution in [0.3, 0.4) is 0 Å². The summed E-state index contributed by atoms with van der Waals surface area (Å²) in [5.74, 6) is -0.203. The van der Waals surface area contributed by atoms with Crippen molar-refractivity contribution in [3.05, 3.63) is 29.8 Å². The van der Waals surface area contributed by atoms with Gasteiger partial charge in [0, 0.05) is 25.0 Å². The molecule has 1 fully saturated rings. The Balaban J connectivity index is 1.84. The lowest BCUT2D eigenvalue weighted by Crippen LogP contribution is -2.48. The van der Waals surface area contributed by atoms with Crippen LogP contribution in [-0.2, 0) is 11.2 Å². The van der Waals surface area contributed by atoms with E-state index in [4.69, 9.17) is 5.73 Å². The number of likely N-dealkylation sites (tertiary alicyclic amines) is 1. The Morgan fingerprint density at radius 1 is 1.35 bits per heavy atom. The Labute approximate surface area is 133 Å². The Kier molecular flexibility index (Phi) is 5.51. The van der Waals surface area contributed by atoms with Gasteiger partial charge in [-0.3, -0.25) is 4.79 Å². The quantitative estimate of drug-likeness (QED) is 0.923.